The first kappa shape index (κ1) is 18.7. The van der Waals surface area contributed by atoms with Crippen molar-refractivity contribution in [2.75, 3.05) is 4.90 Å². The molecule has 4 rings (SSSR count). The first-order valence-corrected chi connectivity index (χ1v) is 10.3. The summed E-state index contributed by atoms with van der Waals surface area (Å²) in [6, 6.07) is 23.2. The Morgan fingerprint density at radius 2 is 1.75 bits per heavy atom. The Bertz CT molecular complexity index is 1110. The van der Waals surface area contributed by atoms with Gasteiger partial charge in [-0.25, -0.2) is 4.98 Å². The number of nitrogens with zero attached hydrogens (tertiary/aromatic N) is 2. The van der Waals surface area contributed by atoms with E-state index in [1.807, 2.05) is 36.4 Å². The number of carbonyl (C=O) groups excluding carboxylic acids is 1. The zero-order chi connectivity index (χ0) is 19.5. The first-order valence-electron chi connectivity index (χ1n) is 9.15. The number of aromatic nitrogens is 1. The molecule has 1 aromatic heterocycles. The third-order valence-corrected chi connectivity index (χ3v) is 5.92. The number of thiazole rings is 1. The molecular formula is C23H19ClN2OS. The number of hydrogen-bond acceptors (Lipinski definition) is 3. The lowest BCUT2D eigenvalue weighted by Gasteiger charge is -2.20. The number of rotatable bonds is 5. The minimum atomic E-state index is -0.0855. The van der Waals surface area contributed by atoms with E-state index in [0.29, 0.717) is 22.3 Å². The van der Waals surface area contributed by atoms with E-state index in [2.05, 4.69) is 19.1 Å². The third-order valence-electron chi connectivity index (χ3n) is 4.62. The van der Waals surface area contributed by atoms with Crippen LogP contribution in [0.3, 0.4) is 0 Å². The zero-order valence-electron chi connectivity index (χ0n) is 15.4. The summed E-state index contributed by atoms with van der Waals surface area (Å²) in [5.41, 5.74) is 3.82. The van der Waals surface area contributed by atoms with Gasteiger partial charge in [0.15, 0.2) is 5.13 Å². The molecule has 0 unspecified atom stereocenters. The molecular weight excluding hydrogens is 388 g/mol. The van der Waals surface area contributed by atoms with Gasteiger partial charge in [-0.15, -0.1) is 0 Å². The fourth-order valence-electron chi connectivity index (χ4n) is 3.14. The summed E-state index contributed by atoms with van der Waals surface area (Å²) in [6.07, 6.45) is 0.907. The highest BCUT2D eigenvalue weighted by Crippen LogP contribution is 2.32. The van der Waals surface area contributed by atoms with E-state index >= 15 is 0 Å². The van der Waals surface area contributed by atoms with Crippen LogP contribution in [-0.2, 0) is 13.0 Å². The molecule has 0 aliphatic carbocycles. The molecule has 0 N–H and O–H groups in total. The van der Waals surface area contributed by atoms with Crippen molar-refractivity contribution >= 4 is 44.2 Å². The normalized spacial score (nSPS) is 10.9. The van der Waals surface area contributed by atoms with Gasteiger partial charge < -0.3 is 0 Å². The number of benzene rings is 3. The second-order valence-corrected chi connectivity index (χ2v) is 7.94. The summed E-state index contributed by atoms with van der Waals surface area (Å²) < 4.78 is 1.09. The first-order chi connectivity index (χ1) is 13.7. The van der Waals surface area contributed by atoms with Crippen LogP contribution in [-0.4, -0.2) is 10.9 Å². The van der Waals surface area contributed by atoms with Gasteiger partial charge in [0.2, 0.25) is 0 Å². The maximum absolute atomic E-state index is 13.3. The van der Waals surface area contributed by atoms with Gasteiger partial charge in [0.25, 0.3) is 5.91 Å². The summed E-state index contributed by atoms with van der Waals surface area (Å²) in [6.45, 7) is 2.58. The van der Waals surface area contributed by atoms with Crippen LogP contribution in [0.15, 0.2) is 72.8 Å². The number of aryl methyl sites for hydroxylation is 1. The van der Waals surface area contributed by atoms with Crippen molar-refractivity contribution in [1.29, 1.82) is 0 Å². The number of halogens is 1. The molecule has 3 nitrogen and oxygen atoms in total. The van der Waals surface area contributed by atoms with Gasteiger partial charge in [-0.3, -0.25) is 9.69 Å². The molecule has 0 saturated carbocycles. The van der Waals surface area contributed by atoms with Crippen LogP contribution in [0.25, 0.3) is 10.2 Å². The molecule has 0 radical (unpaired) electrons. The Kier molecular flexibility index (Phi) is 5.42. The number of fused-ring (bicyclic) bond motifs is 1. The highest BCUT2D eigenvalue weighted by atomic mass is 35.5. The van der Waals surface area contributed by atoms with Crippen molar-refractivity contribution in [2.24, 2.45) is 0 Å². The van der Waals surface area contributed by atoms with Gasteiger partial charge in [0, 0.05) is 10.6 Å². The lowest BCUT2D eigenvalue weighted by Crippen LogP contribution is -2.30. The standard InChI is InChI=1S/C23H19ClN2OS/c1-2-17-9-6-10-20-21(17)25-23(28-20)26(15-16-7-4-3-5-8-16)22(27)18-11-13-19(24)14-12-18/h3-14H,2,15H2,1H3. The highest BCUT2D eigenvalue weighted by Gasteiger charge is 2.22. The van der Waals surface area contributed by atoms with Gasteiger partial charge in [-0.2, -0.15) is 0 Å². The number of hydrogen-bond donors (Lipinski definition) is 0. The Morgan fingerprint density at radius 3 is 2.46 bits per heavy atom. The molecule has 1 heterocycles. The Hall–Kier alpha value is -2.69. The van der Waals surface area contributed by atoms with Crippen LogP contribution in [0.5, 0.6) is 0 Å². The second kappa shape index (κ2) is 8.13. The number of amides is 1. The largest absolute Gasteiger partial charge is 0.279 e. The molecule has 0 spiro atoms. The van der Waals surface area contributed by atoms with E-state index < -0.39 is 0 Å². The summed E-state index contributed by atoms with van der Waals surface area (Å²) in [7, 11) is 0. The fraction of sp³-hybridized carbons (Fsp3) is 0.130. The van der Waals surface area contributed by atoms with Crippen LogP contribution in [0.4, 0.5) is 5.13 Å². The summed E-state index contributed by atoms with van der Waals surface area (Å²) in [5, 5.41) is 1.32. The molecule has 0 bridgehead atoms. The molecule has 1 amide bonds. The minimum Gasteiger partial charge on any atom is -0.279 e. The second-order valence-electron chi connectivity index (χ2n) is 6.50. The van der Waals surface area contributed by atoms with E-state index in [9.17, 15) is 4.79 Å². The lowest BCUT2D eigenvalue weighted by atomic mass is 10.1. The Balaban J connectivity index is 1.78. The molecule has 4 aromatic rings. The molecule has 140 valence electrons. The highest BCUT2D eigenvalue weighted by molar-refractivity contribution is 7.22. The predicted molar refractivity (Wildman–Crippen MR) is 117 cm³/mol. The Labute approximate surface area is 173 Å². The molecule has 0 saturated heterocycles. The molecule has 0 aliphatic heterocycles. The van der Waals surface area contributed by atoms with E-state index in [4.69, 9.17) is 16.6 Å². The van der Waals surface area contributed by atoms with Crippen molar-refractivity contribution in [3.8, 4) is 0 Å². The maximum atomic E-state index is 13.3. The van der Waals surface area contributed by atoms with E-state index in [-0.39, 0.29) is 5.91 Å². The predicted octanol–water partition coefficient (Wildman–Crippen LogP) is 6.36. The van der Waals surface area contributed by atoms with E-state index in [1.54, 1.807) is 40.5 Å². The van der Waals surface area contributed by atoms with Crippen molar-refractivity contribution in [1.82, 2.24) is 4.98 Å². The molecule has 28 heavy (non-hydrogen) atoms. The van der Waals surface area contributed by atoms with Crippen molar-refractivity contribution < 1.29 is 4.79 Å². The molecule has 0 atom stereocenters. The van der Waals surface area contributed by atoms with Crippen LogP contribution < -0.4 is 4.90 Å². The monoisotopic (exact) mass is 406 g/mol. The topological polar surface area (TPSA) is 33.2 Å². The van der Waals surface area contributed by atoms with Gasteiger partial charge in [0.1, 0.15) is 0 Å². The molecule has 0 fully saturated rings. The minimum absolute atomic E-state index is 0.0855. The van der Waals surface area contributed by atoms with Crippen molar-refractivity contribution in [2.45, 2.75) is 19.9 Å². The van der Waals surface area contributed by atoms with Crippen LogP contribution in [0.2, 0.25) is 5.02 Å². The Morgan fingerprint density at radius 1 is 1.00 bits per heavy atom. The van der Waals surface area contributed by atoms with Crippen LogP contribution in [0.1, 0.15) is 28.4 Å². The lowest BCUT2D eigenvalue weighted by molar-refractivity contribution is 0.0985. The van der Waals surface area contributed by atoms with Gasteiger partial charge in [-0.05, 0) is 47.9 Å². The third kappa shape index (κ3) is 3.79. The van der Waals surface area contributed by atoms with E-state index in [0.717, 1.165) is 22.2 Å². The SMILES string of the molecule is CCc1cccc2sc(N(Cc3ccccc3)C(=O)c3ccc(Cl)cc3)nc12. The van der Waals surface area contributed by atoms with Gasteiger partial charge >= 0.3 is 0 Å². The fourth-order valence-corrected chi connectivity index (χ4v) is 4.27. The smallest absolute Gasteiger partial charge is 0.260 e. The summed E-state index contributed by atoms with van der Waals surface area (Å²) >= 11 is 7.54. The zero-order valence-corrected chi connectivity index (χ0v) is 17.0. The van der Waals surface area contributed by atoms with Gasteiger partial charge in [0.05, 0.1) is 16.8 Å². The number of para-hydroxylation sites is 1. The average molecular weight is 407 g/mol. The number of anilines is 1. The maximum Gasteiger partial charge on any atom is 0.260 e. The van der Waals surface area contributed by atoms with E-state index in [1.165, 1.54) is 5.56 Å². The average Bonchev–Trinajstić information content (AvgIpc) is 3.17. The van der Waals surface area contributed by atoms with Gasteiger partial charge in [-0.1, -0.05) is 72.3 Å². The van der Waals surface area contributed by atoms with Crippen LogP contribution in [0, 0.1) is 0 Å². The molecule has 5 heteroatoms. The molecule has 0 aliphatic rings. The van der Waals surface area contributed by atoms with Crippen molar-refractivity contribution in [3.63, 3.8) is 0 Å². The number of carbonyl (C=O) groups is 1. The molecule has 3 aromatic carbocycles. The summed E-state index contributed by atoms with van der Waals surface area (Å²) in [5.74, 6) is -0.0855. The summed E-state index contributed by atoms with van der Waals surface area (Å²) in [4.78, 5) is 19.9. The van der Waals surface area contributed by atoms with Crippen LogP contribution >= 0.6 is 22.9 Å². The van der Waals surface area contributed by atoms with Crippen molar-refractivity contribution in [3.05, 3.63) is 94.5 Å². The quantitative estimate of drug-likeness (QED) is 0.386.